The van der Waals surface area contributed by atoms with Crippen LogP contribution in [0.4, 0.5) is 5.69 Å². The summed E-state index contributed by atoms with van der Waals surface area (Å²) < 4.78 is 11.0. The Morgan fingerprint density at radius 2 is 1.85 bits per heavy atom. The fourth-order valence-corrected chi connectivity index (χ4v) is 1.24. The minimum atomic E-state index is -1.06. The van der Waals surface area contributed by atoms with Gasteiger partial charge in [0.1, 0.15) is 0 Å². The monoisotopic (exact) mass is 271 g/mol. The van der Waals surface area contributed by atoms with Crippen LogP contribution in [0, 0.1) is 0 Å². The third kappa shape index (κ3) is 4.85. The molecule has 0 radical (unpaired) electrons. The maximum Gasteiger partial charge on any atom is -0.412 e. The summed E-state index contributed by atoms with van der Waals surface area (Å²) in [6, 6.07) is 4.60. The quantitative estimate of drug-likeness (QED) is 0.363. The molecule has 1 aromatic rings. The number of benzene rings is 1. The predicted octanol–water partition coefficient (Wildman–Crippen LogP) is -1.58. The number of nitrogens with two attached hydrogens (primary N) is 1. The molecule has 0 atom stereocenters. The number of anilines is 1. The van der Waals surface area contributed by atoms with E-state index in [0.29, 0.717) is 10.0 Å². The van der Waals surface area contributed by atoms with Gasteiger partial charge in [0, 0.05) is 0 Å². The molecular weight excluding hydrogens is 260 g/mol. The Labute approximate surface area is 87.9 Å². The maximum absolute atomic E-state index is 10.3. The molecule has 7 heteroatoms. The zero-order chi connectivity index (χ0) is 7.56. The Hall–Kier alpha value is -0.612. The van der Waals surface area contributed by atoms with Gasteiger partial charge in [-0.15, -0.1) is 12.4 Å². The van der Waals surface area contributed by atoms with Crippen molar-refractivity contribution in [2.45, 2.75) is 0 Å². The molecule has 76 valence electrons. The Bertz CT molecular complexity index is 271. The second-order valence-electron chi connectivity index (χ2n) is 1.83. The van der Waals surface area contributed by atoms with Crippen molar-refractivity contribution in [2.75, 3.05) is 5.73 Å². The first kappa shape index (κ1) is 18.2. The summed E-state index contributed by atoms with van der Waals surface area (Å²) in [7, 11) is 0. The van der Waals surface area contributed by atoms with E-state index in [2.05, 4.69) is 0 Å². The smallest absolute Gasteiger partial charge is 0.412 e. The largest absolute Gasteiger partial charge is 0.412 e. The van der Waals surface area contributed by atoms with E-state index in [0.717, 1.165) is 0 Å². The van der Waals surface area contributed by atoms with Gasteiger partial charge in [-0.25, -0.2) is 0 Å². The van der Waals surface area contributed by atoms with Crippen LogP contribution in [0.3, 0.4) is 0 Å². The maximum atomic E-state index is 10.3. The zero-order valence-electron chi connectivity index (χ0n) is 6.52. The molecule has 13 heavy (non-hydrogen) atoms. The molecule has 0 spiro atoms. The third-order valence-electron chi connectivity index (χ3n) is 1.12. The average Bonchev–Trinajstić information content (AvgIpc) is 1.95. The molecule has 5 nitrogen and oxygen atoms in total. The molecule has 0 saturated carbocycles. The van der Waals surface area contributed by atoms with Crippen molar-refractivity contribution in [1.29, 1.82) is 0 Å². The van der Waals surface area contributed by atoms with Crippen LogP contribution in [0.2, 0.25) is 0 Å². The van der Waals surface area contributed by atoms with Crippen molar-refractivity contribution in [3.63, 3.8) is 0 Å². The molecule has 0 bridgehead atoms. The van der Waals surface area contributed by atoms with Crippen molar-refractivity contribution in [1.82, 2.24) is 0 Å². The van der Waals surface area contributed by atoms with Crippen LogP contribution in [0.5, 0.6) is 5.75 Å². The van der Waals surface area contributed by atoms with Gasteiger partial charge in [-0.1, -0.05) is 0 Å². The Balaban J connectivity index is -0.000000333. The second-order valence-corrected chi connectivity index (χ2v) is 3.30. The topological polar surface area (TPSA) is 126 Å². The molecule has 0 aromatic heterocycles. The van der Waals surface area contributed by atoms with Crippen LogP contribution in [-0.2, 0) is 3.74 Å². The minimum Gasteiger partial charge on any atom is -0.412 e. The van der Waals surface area contributed by atoms with Crippen LogP contribution in [0.25, 0.3) is 0 Å². The van der Waals surface area contributed by atoms with E-state index < -0.39 is 15.7 Å². The number of aromatic hydroxyl groups is 1. The molecule has 1 rings (SSSR count). The number of nitrogen functional groups attached to an aromatic ring is 1. The minimum absolute atomic E-state index is 0. The molecular formula is C6H11AsClNO4. The summed E-state index contributed by atoms with van der Waals surface area (Å²) in [4.78, 5) is 0. The van der Waals surface area contributed by atoms with Crippen molar-refractivity contribution in [3.05, 3.63) is 18.2 Å². The van der Waals surface area contributed by atoms with E-state index in [-0.39, 0.29) is 29.1 Å². The van der Waals surface area contributed by atoms with E-state index in [4.69, 9.17) is 10.8 Å². The van der Waals surface area contributed by atoms with E-state index in [1.54, 1.807) is 6.07 Å². The van der Waals surface area contributed by atoms with Crippen molar-refractivity contribution >= 4 is 38.1 Å². The fraction of sp³-hybridized carbons (Fsp3) is 0. The predicted molar refractivity (Wildman–Crippen MR) is 53.1 cm³/mol. The van der Waals surface area contributed by atoms with Crippen LogP contribution in [0.15, 0.2) is 18.2 Å². The first-order valence-electron chi connectivity index (χ1n) is 2.66. The molecule has 0 aliphatic heterocycles. The van der Waals surface area contributed by atoms with Crippen LogP contribution >= 0.6 is 12.4 Å². The number of rotatable bonds is 1. The van der Waals surface area contributed by atoms with Gasteiger partial charge in [-0.3, -0.25) is 0 Å². The summed E-state index contributed by atoms with van der Waals surface area (Å²) in [5.41, 5.74) is 5.62. The molecule has 0 unspecified atom stereocenters. The van der Waals surface area contributed by atoms with Crippen molar-refractivity contribution in [2.24, 2.45) is 0 Å². The number of halogens is 1. The first-order valence-corrected chi connectivity index (χ1v) is 4.36. The molecule has 0 aliphatic rings. The molecule has 0 heterocycles. The fourth-order valence-electron chi connectivity index (χ4n) is 0.589. The van der Waals surface area contributed by atoms with E-state index in [9.17, 15) is 3.74 Å². The molecule has 0 amide bonds. The van der Waals surface area contributed by atoms with Gasteiger partial charge in [0.15, 0.2) is 0 Å². The Kier molecular flexibility index (Phi) is 11.2. The van der Waals surface area contributed by atoms with Crippen LogP contribution in [-0.4, -0.2) is 31.8 Å². The zero-order valence-corrected chi connectivity index (χ0v) is 9.21. The molecule has 0 aliphatic carbocycles. The molecule has 7 N–H and O–H groups in total. The van der Waals surface area contributed by atoms with Gasteiger partial charge < -0.3 is 11.0 Å². The van der Waals surface area contributed by atoms with Gasteiger partial charge in [-0.05, 0) is 0 Å². The Morgan fingerprint density at radius 3 is 2.23 bits per heavy atom. The van der Waals surface area contributed by atoms with Crippen LogP contribution in [0.1, 0.15) is 0 Å². The summed E-state index contributed by atoms with van der Waals surface area (Å²) in [5.74, 6) is 0.00339. The summed E-state index contributed by atoms with van der Waals surface area (Å²) >= 11 is -1.06. The van der Waals surface area contributed by atoms with E-state index >= 15 is 0 Å². The van der Waals surface area contributed by atoms with Gasteiger partial charge >= 0.3 is 64.3 Å². The SMILES string of the molecule is Cl.Nc1ccc([As]=O)cc1O.O.O. The summed E-state index contributed by atoms with van der Waals surface area (Å²) in [6.07, 6.45) is 0. The summed E-state index contributed by atoms with van der Waals surface area (Å²) in [6.45, 7) is 0. The Morgan fingerprint density at radius 1 is 1.31 bits per heavy atom. The summed E-state index contributed by atoms with van der Waals surface area (Å²) in [5, 5.41) is 8.98. The van der Waals surface area contributed by atoms with Crippen LogP contribution < -0.4 is 10.1 Å². The van der Waals surface area contributed by atoms with Gasteiger partial charge in [-0.2, -0.15) is 0 Å². The average molecular weight is 272 g/mol. The van der Waals surface area contributed by atoms with Gasteiger partial charge in [0.25, 0.3) is 0 Å². The standard InChI is InChI=1S/C6H6AsNO2.ClH.2H2O/c8-5-2-1-4(7-10)3-6(5)9;;;/h1-3,9H,8H2;1H;2*1H2. The number of phenols is 1. The van der Waals surface area contributed by atoms with Gasteiger partial charge in [0.2, 0.25) is 0 Å². The number of hydrogen-bond acceptors (Lipinski definition) is 3. The molecule has 0 saturated heterocycles. The molecule has 0 fully saturated rings. The van der Waals surface area contributed by atoms with Crippen molar-refractivity contribution in [3.8, 4) is 5.75 Å². The molecule has 1 aromatic carbocycles. The third-order valence-corrected chi connectivity index (χ3v) is 2.15. The first-order chi connectivity index (χ1) is 4.74. The van der Waals surface area contributed by atoms with E-state index in [1.165, 1.54) is 12.1 Å². The van der Waals surface area contributed by atoms with Crippen molar-refractivity contribution < 1.29 is 19.8 Å². The number of hydrogen-bond donors (Lipinski definition) is 2. The second kappa shape index (κ2) is 8.01. The normalized spacial score (nSPS) is 7.69. The number of phenolic OH excluding ortho intramolecular Hbond substituents is 1. The van der Waals surface area contributed by atoms with Gasteiger partial charge in [0.05, 0.1) is 0 Å². The van der Waals surface area contributed by atoms with E-state index in [1.807, 2.05) is 0 Å².